The van der Waals surface area contributed by atoms with Gasteiger partial charge in [-0.25, -0.2) is 4.98 Å². The molecule has 1 rings (SSSR count). The lowest BCUT2D eigenvalue weighted by Crippen LogP contribution is -2.20. The van der Waals surface area contributed by atoms with E-state index in [1.807, 2.05) is 0 Å². The topological polar surface area (TPSA) is 42.0 Å². The van der Waals surface area contributed by atoms with Crippen molar-refractivity contribution in [1.82, 2.24) is 10.3 Å². The van der Waals surface area contributed by atoms with Gasteiger partial charge in [-0.2, -0.15) is 4.39 Å². The largest absolute Gasteiger partial charge is 0.356 e. The molecule has 0 aliphatic rings. The molecule has 0 radical (unpaired) electrons. The summed E-state index contributed by atoms with van der Waals surface area (Å²) in [6.45, 7) is 2.03. The van der Waals surface area contributed by atoms with Gasteiger partial charge < -0.3 is 5.32 Å². The third kappa shape index (κ3) is 4.35. The van der Waals surface area contributed by atoms with Gasteiger partial charge in [0.05, 0.1) is 0 Å². The molecule has 1 aromatic rings. The molecule has 0 fully saturated rings. The molecule has 0 aliphatic heterocycles. The number of pyridine rings is 1. The standard InChI is InChI=1S/C11H13FN2O/c1-9(15)13-7-3-2-5-10-6-4-8-14-11(10)12/h2,4-6,8H,3,7H2,1H3,(H,13,15). The number of carbonyl (C=O) groups excluding carboxylic acids is 1. The van der Waals surface area contributed by atoms with Gasteiger partial charge in [0.25, 0.3) is 0 Å². The average molecular weight is 208 g/mol. The third-order valence-corrected chi connectivity index (χ3v) is 1.77. The van der Waals surface area contributed by atoms with Crippen molar-refractivity contribution in [3.05, 3.63) is 35.9 Å². The van der Waals surface area contributed by atoms with Gasteiger partial charge in [-0.3, -0.25) is 4.79 Å². The van der Waals surface area contributed by atoms with Crippen LogP contribution in [-0.4, -0.2) is 17.4 Å². The SMILES string of the molecule is CC(=O)NCCC=Cc1cccnc1F. The van der Waals surface area contributed by atoms with E-state index in [-0.39, 0.29) is 5.91 Å². The van der Waals surface area contributed by atoms with Crippen LogP contribution in [0.25, 0.3) is 6.08 Å². The van der Waals surface area contributed by atoms with Crippen molar-refractivity contribution in [1.29, 1.82) is 0 Å². The highest BCUT2D eigenvalue weighted by atomic mass is 19.1. The van der Waals surface area contributed by atoms with Gasteiger partial charge in [0.1, 0.15) is 0 Å². The van der Waals surface area contributed by atoms with Crippen LogP contribution in [0.2, 0.25) is 0 Å². The highest BCUT2D eigenvalue weighted by Crippen LogP contribution is 2.05. The van der Waals surface area contributed by atoms with Gasteiger partial charge in [-0.05, 0) is 18.6 Å². The molecule has 0 bridgehead atoms. The number of amides is 1. The van der Waals surface area contributed by atoms with Gasteiger partial charge in [-0.1, -0.05) is 12.2 Å². The summed E-state index contributed by atoms with van der Waals surface area (Å²) in [5, 5.41) is 2.65. The fraction of sp³-hybridized carbons (Fsp3) is 0.273. The summed E-state index contributed by atoms with van der Waals surface area (Å²) in [5.74, 6) is -0.538. The minimum Gasteiger partial charge on any atom is -0.356 e. The van der Waals surface area contributed by atoms with Crippen LogP contribution in [0, 0.1) is 5.95 Å². The van der Waals surface area contributed by atoms with Crippen LogP contribution in [0.4, 0.5) is 4.39 Å². The molecule has 1 heterocycles. The number of hydrogen-bond acceptors (Lipinski definition) is 2. The molecule has 0 saturated carbocycles. The molecule has 0 atom stereocenters. The van der Waals surface area contributed by atoms with Crippen LogP contribution in [0.15, 0.2) is 24.4 Å². The molecule has 15 heavy (non-hydrogen) atoms. The van der Waals surface area contributed by atoms with Crippen LogP contribution < -0.4 is 5.32 Å². The second-order valence-electron chi connectivity index (χ2n) is 3.06. The summed E-state index contributed by atoms with van der Waals surface area (Å²) in [4.78, 5) is 14.0. The molecule has 0 aliphatic carbocycles. The minimum atomic E-state index is -0.478. The predicted molar refractivity (Wildman–Crippen MR) is 56.5 cm³/mol. The molecule has 1 amide bonds. The van der Waals surface area contributed by atoms with Crippen LogP contribution >= 0.6 is 0 Å². The van der Waals surface area contributed by atoms with Crippen LogP contribution in [0.5, 0.6) is 0 Å². The molecule has 4 heteroatoms. The Bertz CT molecular complexity index is 363. The number of aromatic nitrogens is 1. The summed E-state index contributed by atoms with van der Waals surface area (Å²) in [5.41, 5.74) is 0.459. The first-order valence-electron chi connectivity index (χ1n) is 4.71. The van der Waals surface area contributed by atoms with Crippen LogP contribution in [0.3, 0.4) is 0 Å². The molecule has 0 spiro atoms. The van der Waals surface area contributed by atoms with Crippen molar-refractivity contribution in [2.45, 2.75) is 13.3 Å². The Morgan fingerprint density at radius 3 is 3.13 bits per heavy atom. The van der Waals surface area contributed by atoms with Gasteiger partial charge in [0.2, 0.25) is 11.9 Å². The zero-order valence-electron chi connectivity index (χ0n) is 8.53. The smallest absolute Gasteiger partial charge is 0.220 e. The quantitative estimate of drug-likeness (QED) is 0.605. The fourth-order valence-electron chi connectivity index (χ4n) is 1.06. The summed E-state index contributed by atoms with van der Waals surface area (Å²) in [6, 6.07) is 3.33. The van der Waals surface area contributed by atoms with Crippen molar-refractivity contribution in [2.24, 2.45) is 0 Å². The number of nitrogens with one attached hydrogen (secondary N) is 1. The third-order valence-electron chi connectivity index (χ3n) is 1.77. The number of nitrogens with zero attached hydrogens (tertiary/aromatic N) is 1. The molecule has 3 nitrogen and oxygen atoms in total. The highest BCUT2D eigenvalue weighted by molar-refractivity contribution is 5.72. The summed E-state index contributed by atoms with van der Waals surface area (Å²) in [7, 11) is 0. The van der Waals surface area contributed by atoms with E-state index in [1.54, 1.807) is 24.3 Å². The van der Waals surface area contributed by atoms with E-state index in [9.17, 15) is 9.18 Å². The fourth-order valence-corrected chi connectivity index (χ4v) is 1.06. The van der Waals surface area contributed by atoms with Gasteiger partial charge in [-0.15, -0.1) is 0 Å². The maximum Gasteiger partial charge on any atom is 0.220 e. The first kappa shape index (κ1) is 11.4. The van der Waals surface area contributed by atoms with Crippen molar-refractivity contribution in [3.8, 4) is 0 Å². The van der Waals surface area contributed by atoms with E-state index in [4.69, 9.17) is 0 Å². The molecule has 0 unspecified atom stereocenters. The van der Waals surface area contributed by atoms with E-state index in [2.05, 4.69) is 10.3 Å². The Hall–Kier alpha value is -1.71. The van der Waals surface area contributed by atoms with Crippen molar-refractivity contribution >= 4 is 12.0 Å². The zero-order chi connectivity index (χ0) is 11.1. The molecule has 0 saturated heterocycles. The van der Waals surface area contributed by atoms with E-state index < -0.39 is 5.95 Å². The lowest BCUT2D eigenvalue weighted by atomic mass is 10.2. The van der Waals surface area contributed by atoms with Crippen molar-refractivity contribution in [3.63, 3.8) is 0 Å². The predicted octanol–water partition coefficient (Wildman–Crippen LogP) is 1.76. The van der Waals surface area contributed by atoms with Crippen molar-refractivity contribution in [2.75, 3.05) is 6.54 Å². The van der Waals surface area contributed by atoms with Gasteiger partial charge in [0, 0.05) is 25.2 Å². The van der Waals surface area contributed by atoms with Gasteiger partial charge >= 0.3 is 0 Å². The number of hydrogen-bond donors (Lipinski definition) is 1. The Morgan fingerprint density at radius 2 is 2.47 bits per heavy atom. The summed E-state index contributed by atoms with van der Waals surface area (Å²) in [6.07, 6.45) is 5.54. The Kier molecular flexibility index (Phi) is 4.47. The van der Waals surface area contributed by atoms with Crippen LogP contribution in [0.1, 0.15) is 18.9 Å². The highest BCUT2D eigenvalue weighted by Gasteiger charge is 1.95. The lowest BCUT2D eigenvalue weighted by Gasteiger charge is -1.97. The van der Waals surface area contributed by atoms with E-state index in [0.29, 0.717) is 18.5 Å². The minimum absolute atomic E-state index is 0.0593. The lowest BCUT2D eigenvalue weighted by molar-refractivity contribution is -0.118. The Labute approximate surface area is 88.0 Å². The second-order valence-corrected chi connectivity index (χ2v) is 3.06. The monoisotopic (exact) mass is 208 g/mol. The molecule has 0 aromatic carbocycles. The van der Waals surface area contributed by atoms with Crippen molar-refractivity contribution < 1.29 is 9.18 Å². The normalized spacial score (nSPS) is 10.5. The van der Waals surface area contributed by atoms with E-state index in [0.717, 1.165) is 0 Å². The summed E-state index contributed by atoms with van der Waals surface area (Å²) < 4.78 is 13.0. The molecular weight excluding hydrogens is 195 g/mol. The van der Waals surface area contributed by atoms with E-state index >= 15 is 0 Å². The number of carbonyl (C=O) groups is 1. The second kappa shape index (κ2) is 5.90. The maximum absolute atomic E-state index is 13.0. The Morgan fingerprint density at radius 1 is 1.67 bits per heavy atom. The maximum atomic E-state index is 13.0. The first-order valence-corrected chi connectivity index (χ1v) is 4.71. The van der Waals surface area contributed by atoms with Crippen LogP contribution in [-0.2, 0) is 4.79 Å². The average Bonchev–Trinajstić information content (AvgIpc) is 2.20. The van der Waals surface area contributed by atoms with E-state index in [1.165, 1.54) is 13.1 Å². The molecule has 1 aromatic heterocycles. The molecular formula is C11H13FN2O. The zero-order valence-corrected chi connectivity index (χ0v) is 8.53. The number of rotatable bonds is 4. The number of halogens is 1. The first-order chi connectivity index (χ1) is 7.20. The Balaban J connectivity index is 2.38. The summed E-state index contributed by atoms with van der Waals surface area (Å²) >= 11 is 0. The molecule has 80 valence electrons. The molecule has 1 N–H and O–H groups in total. The van der Waals surface area contributed by atoms with Gasteiger partial charge in [0.15, 0.2) is 0 Å².